The second-order valence-corrected chi connectivity index (χ2v) is 6.35. The maximum Gasteiger partial charge on any atom is 0.224 e. The molecule has 2 N–H and O–H groups in total. The van der Waals surface area contributed by atoms with Gasteiger partial charge in [0.25, 0.3) is 0 Å². The summed E-state index contributed by atoms with van der Waals surface area (Å²) < 4.78 is 0. The van der Waals surface area contributed by atoms with Gasteiger partial charge in [-0.1, -0.05) is 61.9 Å². The smallest absolute Gasteiger partial charge is 0.224 e. The number of hydrogen-bond acceptors (Lipinski definition) is 2. The molecule has 1 atom stereocenters. The number of aliphatic hydroxyl groups is 1. The summed E-state index contributed by atoms with van der Waals surface area (Å²) in [6, 6.07) is 7.92. The Hall–Kier alpha value is -1.35. The first kappa shape index (κ1) is 16.0. The van der Waals surface area contributed by atoms with Gasteiger partial charge in [0, 0.05) is 0 Å². The molecule has 0 heterocycles. The summed E-state index contributed by atoms with van der Waals surface area (Å²) in [5.74, 6) is 0.672. The number of hydrogen-bond donors (Lipinski definition) is 2. The van der Waals surface area contributed by atoms with Crippen molar-refractivity contribution in [3.05, 3.63) is 35.4 Å². The Morgan fingerprint density at radius 3 is 2.76 bits per heavy atom. The minimum Gasteiger partial charge on any atom is -0.394 e. The van der Waals surface area contributed by atoms with Gasteiger partial charge in [-0.2, -0.15) is 0 Å². The van der Waals surface area contributed by atoms with E-state index >= 15 is 0 Å². The largest absolute Gasteiger partial charge is 0.394 e. The van der Waals surface area contributed by atoms with Crippen molar-refractivity contribution >= 4 is 5.91 Å². The molecule has 1 aliphatic rings. The minimum absolute atomic E-state index is 0.00968. The average molecular weight is 289 g/mol. The molecular formula is C18H27NO2. The average Bonchev–Trinajstić information content (AvgIpc) is 2.47. The van der Waals surface area contributed by atoms with E-state index < -0.39 is 0 Å². The molecule has 0 spiro atoms. The van der Waals surface area contributed by atoms with E-state index in [0.717, 1.165) is 12.0 Å². The van der Waals surface area contributed by atoms with Crippen molar-refractivity contribution in [2.75, 3.05) is 6.61 Å². The third kappa shape index (κ3) is 5.50. The first-order chi connectivity index (χ1) is 10.2. The van der Waals surface area contributed by atoms with Crippen LogP contribution in [0.4, 0.5) is 0 Å². The monoisotopic (exact) mass is 289 g/mol. The van der Waals surface area contributed by atoms with Gasteiger partial charge in [-0.3, -0.25) is 4.79 Å². The van der Waals surface area contributed by atoms with Crippen LogP contribution in [0.25, 0.3) is 0 Å². The molecule has 3 heteroatoms. The van der Waals surface area contributed by atoms with Crippen molar-refractivity contribution in [3.8, 4) is 0 Å². The summed E-state index contributed by atoms with van der Waals surface area (Å²) in [5.41, 5.74) is 2.20. The second kappa shape index (κ2) is 8.18. The number of rotatable bonds is 6. The minimum atomic E-state index is -0.0922. The molecule has 0 aliphatic heterocycles. The predicted octanol–water partition coefficient (Wildman–Crippen LogP) is 2.99. The van der Waals surface area contributed by atoms with Gasteiger partial charge in [0.2, 0.25) is 5.91 Å². The molecular weight excluding hydrogens is 262 g/mol. The van der Waals surface area contributed by atoms with Gasteiger partial charge in [-0.25, -0.2) is 0 Å². The van der Waals surface area contributed by atoms with Gasteiger partial charge in [0.15, 0.2) is 0 Å². The Morgan fingerprint density at radius 1 is 1.33 bits per heavy atom. The topological polar surface area (TPSA) is 49.3 Å². The Bertz CT molecular complexity index is 452. The fourth-order valence-corrected chi connectivity index (χ4v) is 3.29. The molecule has 0 aromatic heterocycles. The first-order valence-electron chi connectivity index (χ1n) is 8.13. The number of nitrogens with one attached hydrogen (secondary N) is 1. The summed E-state index contributed by atoms with van der Waals surface area (Å²) in [6.07, 6.45) is 7.70. The van der Waals surface area contributed by atoms with Crippen LogP contribution in [0.3, 0.4) is 0 Å². The number of aliphatic hydroxyl groups excluding tert-OH is 1. The molecule has 116 valence electrons. The van der Waals surface area contributed by atoms with E-state index in [1.165, 1.54) is 37.7 Å². The highest BCUT2D eigenvalue weighted by atomic mass is 16.3. The summed E-state index contributed by atoms with van der Waals surface area (Å²) >= 11 is 0. The van der Waals surface area contributed by atoms with Crippen LogP contribution in [0, 0.1) is 12.8 Å². The predicted molar refractivity (Wildman–Crippen MR) is 85.1 cm³/mol. The van der Waals surface area contributed by atoms with E-state index in [1.807, 2.05) is 31.2 Å². The van der Waals surface area contributed by atoms with Crippen LogP contribution < -0.4 is 5.32 Å². The molecule has 1 unspecified atom stereocenters. The van der Waals surface area contributed by atoms with Crippen LogP contribution in [0.5, 0.6) is 0 Å². The first-order valence-corrected chi connectivity index (χ1v) is 8.13. The van der Waals surface area contributed by atoms with Crippen molar-refractivity contribution in [1.29, 1.82) is 0 Å². The molecule has 1 aliphatic carbocycles. The maximum atomic E-state index is 12.1. The zero-order chi connectivity index (χ0) is 15.1. The molecule has 3 nitrogen and oxygen atoms in total. The molecule has 21 heavy (non-hydrogen) atoms. The van der Waals surface area contributed by atoms with Gasteiger partial charge in [-0.05, 0) is 24.8 Å². The van der Waals surface area contributed by atoms with E-state index in [4.69, 9.17) is 0 Å². The lowest BCUT2D eigenvalue weighted by atomic mass is 9.85. The van der Waals surface area contributed by atoms with E-state index in [0.29, 0.717) is 12.3 Å². The van der Waals surface area contributed by atoms with Crippen LogP contribution in [0.2, 0.25) is 0 Å². The summed E-state index contributed by atoms with van der Waals surface area (Å²) in [7, 11) is 0. The molecule has 1 aromatic rings. The summed E-state index contributed by atoms with van der Waals surface area (Å²) in [6.45, 7) is 2.07. The highest BCUT2D eigenvalue weighted by molar-refractivity contribution is 5.78. The zero-order valence-electron chi connectivity index (χ0n) is 13.0. The fourth-order valence-electron chi connectivity index (χ4n) is 3.29. The van der Waals surface area contributed by atoms with E-state index in [9.17, 15) is 9.90 Å². The lowest BCUT2D eigenvalue weighted by molar-refractivity contribution is -0.121. The summed E-state index contributed by atoms with van der Waals surface area (Å²) in [4.78, 5) is 12.1. The molecule has 0 radical (unpaired) electrons. The molecule has 1 aromatic carbocycles. The fraction of sp³-hybridized carbons (Fsp3) is 0.611. The lowest BCUT2D eigenvalue weighted by Gasteiger charge is -2.26. The van der Waals surface area contributed by atoms with Gasteiger partial charge >= 0.3 is 0 Å². The quantitative estimate of drug-likeness (QED) is 0.846. The third-order valence-electron chi connectivity index (χ3n) is 4.38. The van der Waals surface area contributed by atoms with Crippen molar-refractivity contribution < 1.29 is 9.90 Å². The van der Waals surface area contributed by atoms with Gasteiger partial charge < -0.3 is 10.4 Å². The molecule has 1 fully saturated rings. The maximum absolute atomic E-state index is 12.1. The number of carbonyl (C=O) groups is 1. The third-order valence-corrected chi connectivity index (χ3v) is 4.38. The number of benzene rings is 1. The van der Waals surface area contributed by atoms with E-state index in [1.54, 1.807) is 0 Å². The number of carbonyl (C=O) groups excluding carboxylic acids is 1. The Kier molecular flexibility index (Phi) is 6.24. The normalized spacial score (nSPS) is 17.4. The highest BCUT2D eigenvalue weighted by Gasteiger charge is 2.19. The van der Waals surface area contributed by atoms with E-state index in [2.05, 4.69) is 5.32 Å². The SMILES string of the molecule is Cc1cccc(CC(=O)NC(CO)CC2CCCCC2)c1. The van der Waals surface area contributed by atoms with Crippen molar-refractivity contribution in [2.45, 2.75) is 57.9 Å². The second-order valence-electron chi connectivity index (χ2n) is 6.35. The Morgan fingerprint density at radius 2 is 2.10 bits per heavy atom. The molecule has 1 saturated carbocycles. The van der Waals surface area contributed by atoms with Crippen LogP contribution >= 0.6 is 0 Å². The highest BCUT2D eigenvalue weighted by Crippen LogP contribution is 2.27. The number of amides is 1. The van der Waals surface area contributed by atoms with E-state index in [-0.39, 0.29) is 18.6 Å². The summed E-state index contributed by atoms with van der Waals surface area (Å²) in [5, 5.41) is 12.5. The van der Waals surface area contributed by atoms with Gasteiger partial charge in [-0.15, -0.1) is 0 Å². The molecule has 1 amide bonds. The number of aryl methyl sites for hydroxylation is 1. The Labute approximate surface area is 127 Å². The van der Waals surface area contributed by atoms with Crippen molar-refractivity contribution in [1.82, 2.24) is 5.32 Å². The van der Waals surface area contributed by atoms with Crippen LogP contribution in [0.15, 0.2) is 24.3 Å². The standard InChI is InChI=1S/C18H27NO2/c1-14-6-5-9-16(10-14)12-18(21)19-17(13-20)11-15-7-3-2-4-8-15/h5-6,9-10,15,17,20H,2-4,7-8,11-13H2,1H3,(H,19,21). The van der Waals surface area contributed by atoms with Crippen molar-refractivity contribution in [3.63, 3.8) is 0 Å². The molecule has 2 rings (SSSR count). The molecule has 0 bridgehead atoms. The van der Waals surface area contributed by atoms with Crippen LogP contribution in [0.1, 0.15) is 49.7 Å². The van der Waals surface area contributed by atoms with Gasteiger partial charge in [0.1, 0.15) is 0 Å². The zero-order valence-corrected chi connectivity index (χ0v) is 13.0. The van der Waals surface area contributed by atoms with Crippen molar-refractivity contribution in [2.24, 2.45) is 5.92 Å². The lowest BCUT2D eigenvalue weighted by Crippen LogP contribution is -2.40. The Balaban J connectivity index is 1.81. The van der Waals surface area contributed by atoms with Crippen LogP contribution in [-0.4, -0.2) is 23.7 Å². The van der Waals surface area contributed by atoms with Crippen LogP contribution in [-0.2, 0) is 11.2 Å². The molecule has 0 saturated heterocycles. The van der Waals surface area contributed by atoms with Gasteiger partial charge in [0.05, 0.1) is 19.1 Å².